The standard InChI is InChI=1S/C54H33N3/c1-2-11-38(12-3-1)55-48-18-7-5-14-41(48)46-31-35(24-29-51(46)55)36-25-30-52-47(32-36)42-15-6-8-19-49(42)56(52)39-26-21-34(22-27-39)37-23-28-43-45-17-10-16-44-40-13-4-9-20-50(40)57(54(44)45)53(43)33-37/h1-33H. The van der Waals surface area contributed by atoms with Crippen LogP contribution >= 0.6 is 0 Å². The summed E-state index contributed by atoms with van der Waals surface area (Å²) in [5, 5.41) is 10.3. The van der Waals surface area contributed by atoms with Gasteiger partial charge in [0, 0.05) is 54.5 Å². The second-order valence-electron chi connectivity index (χ2n) is 15.3. The van der Waals surface area contributed by atoms with E-state index in [-0.39, 0.29) is 0 Å². The number of benzene rings is 9. The maximum absolute atomic E-state index is 2.46. The Kier molecular flexibility index (Phi) is 6.16. The number of nitrogens with zero attached hydrogens (tertiary/aromatic N) is 3. The zero-order valence-electron chi connectivity index (χ0n) is 30.9. The van der Waals surface area contributed by atoms with Gasteiger partial charge in [-0.1, -0.05) is 127 Å². The van der Waals surface area contributed by atoms with Gasteiger partial charge in [0.05, 0.1) is 38.6 Å². The van der Waals surface area contributed by atoms with Crippen molar-refractivity contribution in [2.24, 2.45) is 0 Å². The summed E-state index contributed by atoms with van der Waals surface area (Å²) in [4.78, 5) is 0. The summed E-state index contributed by atoms with van der Waals surface area (Å²) < 4.78 is 7.25. The molecule has 4 aromatic heterocycles. The molecule has 0 bridgehead atoms. The van der Waals surface area contributed by atoms with E-state index < -0.39 is 0 Å². The molecule has 0 saturated carbocycles. The average Bonchev–Trinajstić information content (AvgIpc) is 4.01. The molecule has 3 nitrogen and oxygen atoms in total. The molecule has 0 aliphatic carbocycles. The van der Waals surface area contributed by atoms with Crippen LogP contribution in [0, 0.1) is 0 Å². The van der Waals surface area contributed by atoms with Crippen molar-refractivity contribution in [1.82, 2.24) is 13.5 Å². The van der Waals surface area contributed by atoms with E-state index in [1.54, 1.807) is 0 Å². The van der Waals surface area contributed by atoms with Gasteiger partial charge in [-0.25, -0.2) is 0 Å². The highest BCUT2D eigenvalue weighted by atomic mass is 15.0. The molecule has 0 aliphatic rings. The van der Waals surface area contributed by atoms with Crippen LogP contribution < -0.4 is 0 Å². The summed E-state index contributed by atoms with van der Waals surface area (Å²) in [6.45, 7) is 0. The quantitative estimate of drug-likeness (QED) is 0.172. The highest BCUT2D eigenvalue weighted by Gasteiger charge is 2.19. The monoisotopic (exact) mass is 723 g/mol. The van der Waals surface area contributed by atoms with Crippen molar-refractivity contribution in [2.75, 3.05) is 0 Å². The van der Waals surface area contributed by atoms with Crippen molar-refractivity contribution in [3.05, 3.63) is 200 Å². The van der Waals surface area contributed by atoms with Crippen LogP contribution in [0.1, 0.15) is 0 Å². The molecule has 0 radical (unpaired) electrons. The third-order valence-corrected chi connectivity index (χ3v) is 12.4. The molecule has 57 heavy (non-hydrogen) atoms. The maximum Gasteiger partial charge on any atom is 0.0620 e. The van der Waals surface area contributed by atoms with Gasteiger partial charge in [-0.3, -0.25) is 0 Å². The molecule has 0 amide bonds. The first-order chi connectivity index (χ1) is 28.3. The van der Waals surface area contributed by atoms with Gasteiger partial charge >= 0.3 is 0 Å². The summed E-state index contributed by atoms with van der Waals surface area (Å²) in [5.74, 6) is 0. The van der Waals surface area contributed by atoms with Gasteiger partial charge in [0.1, 0.15) is 0 Å². The second kappa shape index (κ2) is 11.5. The molecule has 3 heteroatoms. The van der Waals surface area contributed by atoms with Gasteiger partial charge in [-0.15, -0.1) is 0 Å². The van der Waals surface area contributed by atoms with Crippen molar-refractivity contribution >= 4 is 81.7 Å². The molecule has 0 fully saturated rings. The van der Waals surface area contributed by atoms with Crippen molar-refractivity contribution in [2.45, 2.75) is 0 Å². The smallest absolute Gasteiger partial charge is 0.0620 e. The maximum atomic E-state index is 2.46. The zero-order valence-corrected chi connectivity index (χ0v) is 30.9. The Bertz CT molecular complexity index is 3730. The Labute approximate surface area is 327 Å². The molecule has 0 saturated heterocycles. The Morgan fingerprint density at radius 2 is 0.649 bits per heavy atom. The van der Waals surface area contributed by atoms with Crippen LogP contribution in [0.2, 0.25) is 0 Å². The number of aromatic nitrogens is 3. The fraction of sp³-hybridized carbons (Fsp3) is 0. The van der Waals surface area contributed by atoms with Crippen LogP contribution in [0.25, 0.3) is 115 Å². The largest absolute Gasteiger partial charge is 0.309 e. The number of para-hydroxylation sites is 5. The van der Waals surface area contributed by atoms with Crippen LogP contribution in [0.15, 0.2) is 200 Å². The lowest BCUT2D eigenvalue weighted by atomic mass is 10.0. The summed E-state index contributed by atoms with van der Waals surface area (Å²) in [6, 6.07) is 73.6. The van der Waals surface area contributed by atoms with Crippen LogP contribution in [-0.4, -0.2) is 13.5 Å². The molecule has 0 unspecified atom stereocenters. The molecule has 13 aromatic rings. The summed E-state index contributed by atoms with van der Waals surface area (Å²) in [5.41, 5.74) is 15.8. The lowest BCUT2D eigenvalue weighted by Gasteiger charge is -2.10. The fourth-order valence-electron chi connectivity index (χ4n) is 9.85. The highest BCUT2D eigenvalue weighted by molar-refractivity contribution is 6.23. The molecule has 9 aromatic carbocycles. The minimum Gasteiger partial charge on any atom is -0.309 e. The van der Waals surface area contributed by atoms with E-state index in [0.717, 1.165) is 5.69 Å². The fourth-order valence-corrected chi connectivity index (χ4v) is 9.85. The van der Waals surface area contributed by atoms with E-state index in [9.17, 15) is 0 Å². The van der Waals surface area contributed by atoms with E-state index >= 15 is 0 Å². The number of hydrogen-bond donors (Lipinski definition) is 0. The molecule has 0 atom stereocenters. The van der Waals surface area contributed by atoms with Gasteiger partial charge in [0.2, 0.25) is 0 Å². The Balaban J connectivity index is 0.921. The molecular formula is C54H33N3. The van der Waals surface area contributed by atoms with Gasteiger partial charge < -0.3 is 13.5 Å². The number of fused-ring (bicyclic) bond motifs is 12. The predicted molar refractivity (Wildman–Crippen MR) is 241 cm³/mol. The molecule has 4 heterocycles. The van der Waals surface area contributed by atoms with E-state index in [0.29, 0.717) is 0 Å². The highest BCUT2D eigenvalue weighted by Crippen LogP contribution is 2.41. The second-order valence-corrected chi connectivity index (χ2v) is 15.3. The Morgan fingerprint density at radius 1 is 0.228 bits per heavy atom. The minimum atomic E-state index is 1.15. The lowest BCUT2D eigenvalue weighted by Crippen LogP contribution is -1.94. The van der Waals surface area contributed by atoms with Crippen LogP contribution in [0.3, 0.4) is 0 Å². The van der Waals surface area contributed by atoms with E-state index in [1.165, 1.54) is 110 Å². The van der Waals surface area contributed by atoms with Gasteiger partial charge in [-0.2, -0.15) is 0 Å². The van der Waals surface area contributed by atoms with Crippen LogP contribution in [0.5, 0.6) is 0 Å². The van der Waals surface area contributed by atoms with Crippen molar-refractivity contribution in [3.63, 3.8) is 0 Å². The van der Waals surface area contributed by atoms with Gasteiger partial charge in [0.15, 0.2) is 0 Å². The minimum absolute atomic E-state index is 1.15. The first kappa shape index (κ1) is 30.7. The van der Waals surface area contributed by atoms with Crippen LogP contribution in [0.4, 0.5) is 0 Å². The average molecular weight is 724 g/mol. The lowest BCUT2D eigenvalue weighted by molar-refractivity contribution is 1.18. The molecular weight excluding hydrogens is 691 g/mol. The Hall–Kier alpha value is -7.62. The van der Waals surface area contributed by atoms with E-state index in [2.05, 4.69) is 214 Å². The third kappa shape index (κ3) is 4.26. The third-order valence-electron chi connectivity index (χ3n) is 12.4. The number of hydrogen-bond acceptors (Lipinski definition) is 0. The first-order valence-corrected chi connectivity index (χ1v) is 19.7. The van der Waals surface area contributed by atoms with Crippen molar-refractivity contribution in [1.29, 1.82) is 0 Å². The summed E-state index contributed by atoms with van der Waals surface area (Å²) in [6.07, 6.45) is 0. The first-order valence-electron chi connectivity index (χ1n) is 19.7. The van der Waals surface area contributed by atoms with Crippen LogP contribution in [-0.2, 0) is 0 Å². The molecule has 264 valence electrons. The Morgan fingerprint density at radius 3 is 1.26 bits per heavy atom. The summed E-state index contributed by atoms with van der Waals surface area (Å²) >= 11 is 0. The van der Waals surface area contributed by atoms with Crippen molar-refractivity contribution < 1.29 is 0 Å². The SMILES string of the molecule is c1ccc(-n2c3ccccc3c3cc(-c4ccc5c(c4)c4ccccc4n5-c4ccc(-c5ccc6c7cccc8c9ccccc9n(c6c5)c87)cc4)ccc32)cc1. The van der Waals surface area contributed by atoms with E-state index in [4.69, 9.17) is 0 Å². The predicted octanol–water partition coefficient (Wildman–Crippen LogP) is 14.4. The topological polar surface area (TPSA) is 14.3 Å². The number of rotatable bonds is 4. The van der Waals surface area contributed by atoms with Gasteiger partial charge in [0.25, 0.3) is 0 Å². The van der Waals surface area contributed by atoms with Gasteiger partial charge in [-0.05, 0) is 95.1 Å². The molecule has 13 rings (SSSR count). The molecule has 0 N–H and O–H groups in total. The molecule has 0 spiro atoms. The summed E-state index contributed by atoms with van der Waals surface area (Å²) in [7, 11) is 0. The molecule has 0 aliphatic heterocycles. The zero-order chi connectivity index (χ0) is 37.2. The normalized spacial score (nSPS) is 12.2. The van der Waals surface area contributed by atoms with Crippen molar-refractivity contribution in [3.8, 4) is 33.6 Å². The van der Waals surface area contributed by atoms with E-state index in [1.807, 2.05) is 0 Å².